The minimum Gasteiger partial charge on any atom is -0.295 e. The summed E-state index contributed by atoms with van der Waals surface area (Å²) in [4.78, 5) is 7.33. The highest BCUT2D eigenvalue weighted by Crippen LogP contribution is 2.33. The number of hydrogen-bond acceptors (Lipinski definition) is 6. The predicted octanol–water partition coefficient (Wildman–Crippen LogP) is 3.65. The molecule has 1 atom stereocenters. The van der Waals surface area contributed by atoms with Crippen LogP contribution in [-0.2, 0) is 6.54 Å². The molecule has 1 aliphatic rings. The van der Waals surface area contributed by atoms with Crippen LogP contribution in [0.3, 0.4) is 0 Å². The molecule has 0 spiro atoms. The van der Waals surface area contributed by atoms with Crippen molar-refractivity contribution >= 4 is 21.6 Å². The number of piperidine rings is 1. The first-order chi connectivity index (χ1) is 13.4. The van der Waals surface area contributed by atoms with Gasteiger partial charge < -0.3 is 0 Å². The lowest BCUT2D eigenvalue weighted by Crippen LogP contribution is -2.34. The Morgan fingerprint density at radius 1 is 1.04 bits per heavy atom. The van der Waals surface area contributed by atoms with Crippen molar-refractivity contribution in [2.45, 2.75) is 25.3 Å². The fourth-order valence-corrected chi connectivity index (χ4v) is 4.83. The molecular formula is C20H20N6S. The molecule has 1 saturated heterocycles. The topological polar surface area (TPSA) is 59.7 Å². The molecule has 0 aliphatic carbocycles. The van der Waals surface area contributed by atoms with Gasteiger partial charge >= 0.3 is 0 Å². The van der Waals surface area contributed by atoms with Crippen LogP contribution < -0.4 is 0 Å². The van der Waals surface area contributed by atoms with E-state index >= 15 is 0 Å². The third-order valence-electron chi connectivity index (χ3n) is 5.07. The van der Waals surface area contributed by atoms with Crippen LogP contribution in [0.5, 0.6) is 0 Å². The van der Waals surface area contributed by atoms with Crippen LogP contribution in [0.25, 0.3) is 15.9 Å². The van der Waals surface area contributed by atoms with Crippen LogP contribution in [-0.4, -0.2) is 43.2 Å². The monoisotopic (exact) mass is 376 g/mol. The maximum Gasteiger partial charge on any atom is 0.170 e. The molecule has 0 N–H and O–H groups in total. The summed E-state index contributed by atoms with van der Waals surface area (Å²) in [6, 6.07) is 18.5. The minimum absolute atomic E-state index is 0.484. The smallest absolute Gasteiger partial charge is 0.170 e. The van der Waals surface area contributed by atoms with Gasteiger partial charge in [-0.1, -0.05) is 30.3 Å². The van der Waals surface area contributed by atoms with E-state index in [1.165, 1.54) is 22.5 Å². The third kappa shape index (κ3) is 3.36. The van der Waals surface area contributed by atoms with Crippen molar-refractivity contribution in [1.29, 1.82) is 0 Å². The molecule has 2 aromatic carbocycles. The Bertz CT molecular complexity index is 1010. The van der Waals surface area contributed by atoms with Crippen molar-refractivity contribution < 1.29 is 0 Å². The first-order valence-corrected chi connectivity index (χ1v) is 10.1. The number of likely N-dealkylation sites (tertiary alicyclic amines) is 1. The molecule has 0 amide bonds. The second-order valence-electron chi connectivity index (χ2n) is 6.94. The lowest BCUT2D eigenvalue weighted by molar-refractivity contribution is 0.194. The molecule has 5 rings (SSSR count). The fourth-order valence-electron chi connectivity index (χ4n) is 3.74. The van der Waals surface area contributed by atoms with E-state index in [4.69, 9.17) is 4.98 Å². The Hall–Kier alpha value is -2.64. The summed E-state index contributed by atoms with van der Waals surface area (Å²) in [6.45, 7) is 2.83. The Labute approximate surface area is 161 Å². The highest BCUT2D eigenvalue weighted by molar-refractivity contribution is 7.18. The Balaban J connectivity index is 1.34. The molecule has 0 bridgehead atoms. The van der Waals surface area contributed by atoms with Gasteiger partial charge in [-0.05, 0) is 54.1 Å². The molecule has 27 heavy (non-hydrogen) atoms. The summed E-state index contributed by atoms with van der Waals surface area (Å²) in [5.74, 6) is 1.36. The Kier molecular flexibility index (Phi) is 4.39. The molecule has 6 nitrogen and oxygen atoms in total. The van der Waals surface area contributed by atoms with Crippen LogP contribution in [0.1, 0.15) is 29.6 Å². The van der Waals surface area contributed by atoms with Gasteiger partial charge in [0.15, 0.2) is 5.82 Å². The van der Waals surface area contributed by atoms with Crippen molar-refractivity contribution in [3.8, 4) is 5.69 Å². The van der Waals surface area contributed by atoms with Gasteiger partial charge in [0.05, 0.1) is 27.5 Å². The average Bonchev–Trinajstić information content (AvgIpc) is 3.36. The van der Waals surface area contributed by atoms with Gasteiger partial charge in [-0.15, -0.1) is 16.4 Å². The number of benzene rings is 2. The average molecular weight is 376 g/mol. The minimum atomic E-state index is 0.484. The van der Waals surface area contributed by atoms with E-state index in [0.29, 0.717) is 5.92 Å². The second kappa shape index (κ2) is 7.17. The van der Waals surface area contributed by atoms with Gasteiger partial charge in [0, 0.05) is 12.5 Å². The number of para-hydroxylation sites is 2. The quantitative estimate of drug-likeness (QED) is 0.544. The Morgan fingerprint density at radius 2 is 1.89 bits per heavy atom. The first-order valence-electron chi connectivity index (χ1n) is 9.27. The number of hydrogen-bond donors (Lipinski definition) is 0. The van der Waals surface area contributed by atoms with Gasteiger partial charge in [-0.3, -0.25) is 4.90 Å². The molecule has 0 radical (unpaired) electrons. The van der Waals surface area contributed by atoms with E-state index < -0.39 is 0 Å². The number of tetrazole rings is 1. The van der Waals surface area contributed by atoms with Crippen molar-refractivity contribution in [2.75, 3.05) is 13.1 Å². The number of rotatable bonds is 4. The molecule has 0 unspecified atom stereocenters. The van der Waals surface area contributed by atoms with E-state index in [2.05, 4.69) is 44.7 Å². The predicted molar refractivity (Wildman–Crippen MR) is 106 cm³/mol. The van der Waals surface area contributed by atoms with Gasteiger partial charge in [0.1, 0.15) is 0 Å². The maximum atomic E-state index is 4.88. The van der Waals surface area contributed by atoms with Gasteiger partial charge in [-0.2, -0.15) is 4.68 Å². The van der Waals surface area contributed by atoms with Crippen molar-refractivity contribution in [1.82, 2.24) is 30.1 Å². The number of fused-ring (bicyclic) bond motifs is 1. The zero-order valence-corrected chi connectivity index (χ0v) is 15.7. The molecule has 2 aromatic heterocycles. The van der Waals surface area contributed by atoms with E-state index in [9.17, 15) is 0 Å². The van der Waals surface area contributed by atoms with Gasteiger partial charge in [0.2, 0.25) is 0 Å². The SMILES string of the molecule is c1ccc(-n2nnnc2CN2CCC[C@H](c3nc4ccccc4s3)C2)cc1. The molecular weight excluding hydrogens is 356 g/mol. The summed E-state index contributed by atoms with van der Waals surface area (Å²) in [5.41, 5.74) is 2.11. The number of thiazole rings is 1. The lowest BCUT2D eigenvalue weighted by atomic mass is 9.99. The fraction of sp³-hybridized carbons (Fsp3) is 0.300. The lowest BCUT2D eigenvalue weighted by Gasteiger charge is -2.31. The normalized spacial score (nSPS) is 18.1. The van der Waals surface area contributed by atoms with Crippen LogP contribution >= 0.6 is 11.3 Å². The van der Waals surface area contributed by atoms with Gasteiger partial charge in [-0.25, -0.2) is 4.98 Å². The zero-order valence-electron chi connectivity index (χ0n) is 14.9. The van der Waals surface area contributed by atoms with E-state index in [-0.39, 0.29) is 0 Å². The molecule has 1 aliphatic heterocycles. The summed E-state index contributed by atoms with van der Waals surface area (Å²) < 4.78 is 3.11. The molecule has 0 saturated carbocycles. The molecule has 3 heterocycles. The molecule has 136 valence electrons. The van der Waals surface area contributed by atoms with Crippen LogP contribution in [0.4, 0.5) is 0 Å². The summed E-state index contributed by atoms with van der Waals surface area (Å²) in [5, 5.41) is 13.6. The standard InChI is InChI=1S/C20H20N6S/c1-2-8-16(9-3-1)26-19(22-23-24-26)14-25-12-6-7-15(13-25)20-21-17-10-4-5-11-18(17)27-20/h1-5,8-11,15H,6-7,12-14H2/t15-/m0/s1. The molecule has 4 aromatic rings. The Morgan fingerprint density at radius 3 is 2.78 bits per heavy atom. The van der Waals surface area contributed by atoms with Crippen molar-refractivity contribution in [3.63, 3.8) is 0 Å². The van der Waals surface area contributed by atoms with E-state index in [1.807, 2.05) is 46.4 Å². The first kappa shape index (κ1) is 16.5. The maximum absolute atomic E-state index is 4.88. The number of aromatic nitrogens is 5. The summed E-state index contributed by atoms with van der Waals surface area (Å²) >= 11 is 1.83. The third-order valence-corrected chi connectivity index (χ3v) is 6.26. The van der Waals surface area contributed by atoms with Crippen molar-refractivity contribution in [3.05, 3.63) is 65.4 Å². The van der Waals surface area contributed by atoms with Crippen LogP contribution in [0, 0.1) is 0 Å². The highest BCUT2D eigenvalue weighted by atomic mass is 32.1. The van der Waals surface area contributed by atoms with E-state index in [1.54, 1.807) is 0 Å². The number of nitrogens with zero attached hydrogens (tertiary/aromatic N) is 6. The molecule has 1 fully saturated rings. The van der Waals surface area contributed by atoms with E-state index in [0.717, 1.165) is 36.7 Å². The highest BCUT2D eigenvalue weighted by Gasteiger charge is 2.25. The van der Waals surface area contributed by atoms with Crippen molar-refractivity contribution in [2.24, 2.45) is 0 Å². The summed E-state index contributed by atoms with van der Waals surface area (Å²) in [6.07, 6.45) is 2.37. The summed E-state index contributed by atoms with van der Waals surface area (Å²) in [7, 11) is 0. The molecule has 7 heteroatoms. The van der Waals surface area contributed by atoms with Gasteiger partial charge in [0.25, 0.3) is 0 Å². The second-order valence-corrected chi connectivity index (χ2v) is 8.00. The zero-order chi connectivity index (χ0) is 18.1. The largest absolute Gasteiger partial charge is 0.295 e. The van der Waals surface area contributed by atoms with Crippen LogP contribution in [0.15, 0.2) is 54.6 Å². The van der Waals surface area contributed by atoms with Crippen LogP contribution in [0.2, 0.25) is 0 Å².